The molecule has 2 aliphatic rings. The number of piperidine rings is 1. The van der Waals surface area contributed by atoms with Crippen LogP contribution in [0.2, 0.25) is 0 Å². The van der Waals surface area contributed by atoms with E-state index in [4.69, 9.17) is 10.00 Å². The molecule has 0 aliphatic carbocycles. The summed E-state index contributed by atoms with van der Waals surface area (Å²) in [4.78, 5) is 2.52. The van der Waals surface area contributed by atoms with Crippen LogP contribution in [0.1, 0.15) is 50.2 Å². The van der Waals surface area contributed by atoms with Crippen molar-refractivity contribution in [3.05, 3.63) is 35.4 Å². The number of benzene rings is 1. The molecule has 2 aliphatic heterocycles. The summed E-state index contributed by atoms with van der Waals surface area (Å²) in [5, 5.41) is 12.7. The number of nitrogens with zero attached hydrogens (tertiary/aromatic N) is 2. The molecule has 0 aromatic heterocycles. The Balaban J connectivity index is 1.44. The number of nitriles is 1. The Bertz CT molecular complexity index is 537. The van der Waals surface area contributed by atoms with Gasteiger partial charge in [-0.05, 0) is 62.9 Å². The molecule has 1 N–H and O–H groups in total. The Morgan fingerprint density at radius 1 is 1.25 bits per heavy atom. The van der Waals surface area contributed by atoms with Crippen molar-refractivity contribution in [2.75, 3.05) is 19.7 Å². The van der Waals surface area contributed by atoms with E-state index < -0.39 is 0 Å². The van der Waals surface area contributed by atoms with E-state index in [0.29, 0.717) is 18.2 Å². The number of hydrogen-bond donors (Lipinski definition) is 1. The molecule has 3 rings (SSSR count). The minimum absolute atomic E-state index is 0.423. The molecule has 1 aromatic rings. The van der Waals surface area contributed by atoms with Crippen molar-refractivity contribution in [1.82, 2.24) is 10.2 Å². The molecule has 4 nitrogen and oxygen atoms in total. The first-order chi connectivity index (χ1) is 11.8. The molecule has 0 spiro atoms. The molecule has 4 heteroatoms. The highest BCUT2D eigenvalue weighted by Crippen LogP contribution is 2.20. The van der Waals surface area contributed by atoms with E-state index in [1.165, 1.54) is 31.2 Å². The second-order valence-corrected chi connectivity index (χ2v) is 7.09. The van der Waals surface area contributed by atoms with E-state index in [1.807, 2.05) is 12.1 Å². The van der Waals surface area contributed by atoms with Gasteiger partial charge in [-0.1, -0.05) is 19.1 Å². The summed E-state index contributed by atoms with van der Waals surface area (Å²) in [5.74, 6) is 0. The fourth-order valence-electron chi connectivity index (χ4n) is 3.91. The van der Waals surface area contributed by atoms with Gasteiger partial charge in [-0.15, -0.1) is 0 Å². The van der Waals surface area contributed by atoms with E-state index in [1.54, 1.807) is 0 Å². The summed E-state index contributed by atoms with van der Waals surface area (Å²) in [6.07, 6.45) is 6.41. The lowest BCUT2D eigenvalue weighted by molar-refractivity contribution is 0.0668. The van der Waals surface area contributed by atoms with Gasteiger partial charge in [-0.3, -0.25) is 4.90 Å². The second-order valence-electron chi connectivity index (χ2n) is 7.09. The third kappa shape index (κ3) is 4.57. The van der Waals surface area contributed by atoms with Crippen LogP contribution in [0.3, 0.4) is 0 Å². The molecule has 2 atom stereocenters. The van der Waals surface area contributed by atoms with Crippen molar-refractivity contribution in [3.63, 3.8) is 0 Å². The molecule has 2 saturated heterocycles. The lowest BCUT2D eigenvalue weighted by Crippen LogP contribution is -2.49. The summed E-state index contributed by atoms with van der Waals surface area (Å²) in [6.45, 7) is 6.46. The highest BCUT2D eigenvalue weighted by molar-refractivity contribution is 5.31. The molecule has 1 aromatic carbocycles. The third-order valence-corrected chi connectivity index (χ3v) is 5.38. The van der Waals surface area contributed by atoms with Gasteiger partial charge in [0.15, 0.2) is 0 Å². The number of rotatable bonds is 6. The predicted molar refractivity (Wildman–Crippen MR) is 95.6 cm³/mol. The topological polar surface area (TPSA) is 48.3 Å². The highest BCUT2D eigenvalue weighted by Gasteiger charge is 2.28. The van der Waals surface area contributed by atoms with Gasteiger partial charge in [-0.2, -0.15) is 5.26 Å². The average Bonchev–Trinajstić information content (AvgIpc) is 3.16. The van der Waals surface area contributed by atoms with Crippen molar-refractivity contribution < 1.29 is 4.74 Å². The number of ether oxygens (including phenoxy) is 1. The van der Waals surface area contributed by atoms with Crippen LogP contribution in [0, 0.1) is 11.3 Å². The summed E-state index contributed by atoms with van der Waals surface area (Å²) < 4.78 is 5.87. The summed E-state index contributed by atoms with van der Waals surface area (Å²) in [5.41, 5.74) is 2.03. The predicted octanol–water partition coefficient (Wildman–Crippen LogP) is 3.07. The first-order valence-electron chi connectivity index (χ1n) is 9.37. The molecule has 0 radical (unpaired) electrons. The Morgan fingerprint density at radius 3 is 2.58 bits per heavy atom. The molecule has 2 heterocycles. The fourth-order valence-corrected chi connectivity index (χ4v) is 3.91. The van der Waals surface area contributed by atoms with Crippen LogP contribution in [0.5, 0.6) is 0 Å². The summed E-state index contributed by atoms with van der Waals surface area (Å²) in [7, 11) is 0. The molecule has 2 fully saturated rings. The first-order valence-corrected chi connectivity index (χ1v) is 9.37. The van der Waals surface area contributed by atoms with Crippen molar-refractivity contribution in [2.45, 2.75) is 63.8 Å². The van der Waals surface area contributed by atoms with E-state index in [2.05, 4.69) is 35.3 Å². The van der Waals surface area contributed by atoms with E-state index >= 15 is 0 Å². The van der Waals surface area contributed by atoms with Gasteiger partial charge in [0, 0.05) is 25.2 Å². The van der Waals surface area contributed by atoms with Gasteiger partial charge in [0.05, 0.1) is 17.7 Å². The molecule has 0 unspecified atom stereocenters. The highest BCUT2D eigenvalue weighted by atomic mass is 16.5. The van der Waals surface area contributed by atoms with Gasteiger partial charge in [0.25, 0.3) is 0 Å². The SMILES string of the molecule is CC[C@H](NC1CCN(Cc2ccc(C#N)cc2)CC1)[C@H]1CCCO1. The van der Waals surface area contributed by atoms with Crippen molar-refractivity contribution in [3.8, 4) is 6.07 Å². The summed E-state index contributed by atoms with van der Waals surface area (Å²) >= 11 is 0. The molecule has 0 bridgehead atoms. The fraction of sp³-hybridized carbons (Fsp3) is 0.650. The second kappa shape index (κ2) is 8.62. The van der Waals surface area contributed by atoms with Crippen LogP contribution in [0.15, 0.2) is 24.3 Å². The summed E-state index contributed by atoms with van der Waals surface area (Å²) in [6, 6.07) is 11.3. The lowest BCUT2D eigenvalue weighted by Gasteiger charge is -2.35. The van der Waals surface area contributed by atoms with Crippen LogP contribution >= 0.6 is 0 Å². The normalized spacial score (nSPS) is 23.9. The Hall–Kier alpha value is -1.41. The maximum atomic E-state index is 8.87. The maximum Gasteiger partial charge on any atom is 0.0991 e. The van der Waals surface area contributed by atoms with Crippen molar-refractivity contribution in [2.24, 2.45) is 0 Å². The molecule has 0 saturated carbocycles. The Labute approximate surface area is 145 Å². The molecular weight excluding hydrogens is 298 g/mol. The Morgan fingerprint density at radius 2 is 2.00 bits per heavy atom. The minimum atomic E-state index is 0.423. The van der Waals surface area contributed by atoms with Crippen LogP contribution in [0.4, 0.5) is 0 Å². The van der Waals surface area contributed by atoms with E-state index in [-0.39, 0.29) is 0 Å². The Kier molecular flexibility index (Phi) is 6.25. The van der Waals surface area contributed by atoms with Crippen LogP contribution in [-0.2, 0) is 11.3 Å². The molecular formula is C20H29N3O. The van der Waals surface area contributed by atoms with Crippen LogP contribution in [-0.4, -0.2) is 42.8 Å². The zero-order valence-electron chi connectivity index (χ0n) is 14.7. The molecule has 130 valence electrons. The van der Waals surface area contributed by atoms with Crippen LogP contribution in [0.25, 0.3) is 0 Å². The van der Waals surface area contributed by atoms with Gasteiger partial charge >= 0.3 is 0 Å². The quantitative estimate of drug-likeness (QED) is 0.872. The van der Waals surface area contributed by atoms with Crippen molar-refractivity contribution >= 4 is 0 Å². The first kappa shape index (κ1) is 17.4. The van der Waals surface area contributed by atoms with Crippen LogP contribution < -0.4 is 5.32 Å². The van der Waals surface area contributed by atoms with Gasteiger partial charge in [0.1, 0.15) is 0 Å². The largest absolute Gasteiger partial charge is 0.377 e. The lowest BCUT2D eigenvalue weighted by atomic mass is 9.99. The van der Waals surface area contributed by atoms with Gasteiger partial charge in [0.2, 0.25) is 0 Å². The average molecular weight is 327 g/mol. The number of nitrogens with one attached hydrogen (secondary N) is 1. The zero-order chi connectivity index (χ0) is 16.8. The minimum Gasteiger partial charge on any atom is -0.377 e. The zero-order valence-corrected chi connectivity index (χ0v) is 14.7. The maximum absolute atomic E-state index is 8.87. The standard InChI is InChI=1S/C20H29N3O/c1-2-19(20-4-3-13-24-20)22-18-9-11-23(12-10-18)15-17-7-5-16(14-21)6-8-17/h5-8,18-20,22H,2-4,9-13,15H2,1H3/t19-,20+/m0/s1. The smallest absolute Gasteiger partial charge is 0.0991 e. The van der Waals surface area contributed by atoms with E-state index in [9.17, 15) is 0 Å². The number of likely N-dealkylation sites (tertiary alicyclic amines) is 1. The van der Waals surface area contributed by atoms with E-state index in [0.717, 1.165) is 38.2 Å². The van der Waals surface area contributed by atoms with Gasteiger partial charge in [-0.25, -0.2) is 0 Å². The molecule has 24 heavy (non-hydrogen) atoms. The van der Waals surface area contributed by atoms with Crippen molar-refractivity contribution in [1.29, 1.82) is 5.26 Å². The third-order valence-electron chi connectivity index (χ3n) is 5.38. The molecule has 0 amide bonds. The number of hydrogen-bond acceptors (Lipinski definition) is 4. The van der Waals surface area contributed by atoms with Gasteiger partial charge < -0.3 is 10.1 Å². The monoisotopic (exact) mass is 327 g/mol.